The van der Waals surface area contributed by atoms with Crippen molar-refractivity contribution in [2.45, 2.75) is 19.8 Å². The summed E-state index contributed by atoms with van der Waals surface area (Å²) in [7, 11) is 0. The number of unbranched alkanes of at least 4 members (excludes halogenated alkanes) is 1. The number of allylic oxidation sites excluding steroid dienone is 2. The first-order valence-electron chi connectivity index (χ1n) is 2.79. The lowest BCUT2D eigenvalue weighted by Crippen LogP contribution is -1.85. The highest BCUT2D eigenvalue weighted by atomic mass is 17.1. The molecule has 0 radical (unpaired) electrons. The van der Waals surface area contributed by atoms with Crippen molar-refractivity contribution in [2.24, 2.45) is 0 Å². The molecule has 0 atom stereocenters. The van der Waals surface area contributed by atoms with Gasteiger partial charge in [0.1, 0.15) is 0 Å². The topological polar surface area (TPSA) is 29.5 Å². The first-order valence-corrected chi connectivity index (χ1v) is 2.79. The van der Waals surface area contributed by atoms with Gasteiger partial charge >= 0.3 is 0 Å². The van der Waals surface area contributed by atoms with Gasteiger partial charge in [-0.1, -0.05) is 12.2 Å². The molecule has 0 bridgehead atoms. The van der Waals surface area contributed by atoms with E-state index in [9.17, 15) is 0 Å². The van der Waals surface area contributed by atoms with Gasteiger partial charge in [0.15, 0.2) is 0 Å². The average molecular weight is 116 g/mol. The highest BCUT2D eigenvalue weighted by Gasteiger charge is 1.79. The fourth-order valence-electron chi connectivity index (χ4n) is 0.432. The van der Waals surface area contributed by atoms with Gasteiger partial charge in [0.25, 0.3) is 0 Å². The van der Waals surface area contributed by atoms with E-state index in [1.54, 1.807) is 0 Å². The van der Waals surface area contributed by atoms with Crippen molar-refractivity contribution in [1.82, 2.24) is 0 Å². The van der Waals surface area contributed by atoms with Crippen LogP contribution in [-0.4, -0.2) is 11.9 Å². The second-order valence-electron chi connectivity index (χ2n) is 1.54. The molecule has 0 saturated heterocycles. The Hall–Kier alpha value is -0.340. The summed E-state index contributed by atoms with van der Waals surface area (Å²) in [5.74, 6) is 0. The number of hydrogen-bond donors (Lipinski definition) is 1. The molecule has 1 N–H and O–H groups in total. The van der Waals surface area contributed by atoms with E-state index in [0.717, 1.165) is 12.8 Å². The van der Waals surface area contributed by atoms with E-state index in [1.165, 1.54) is 0 Å². The number of rotatable bonds is 4. The summed E-state index contributed by atoms with van der Waals surface area (Å²) < 4.78 is 0. The highest BCUT2D eigenvalue weighted by Crippen LogP contribution is 1.89. The molecule has 0 fully saturated rings. The minimum absolute atomic E-state index is 0.435. The molecule has 8 heavy (non-hydrogen) atoms. The van der Waals surface area contributed by atoms with Crippen LogP contribution in [0.2, 0.25) is 0 Å². The molecule has 0 aliphatic rings. The smallest absolute Gasteiger partial charge is 0.0822 e. The summed E-state index contributed by atoms with van der Waals surface area (Å²) in [4.78, 5) is 3.85. The molecule has 0 unspecified atom stereocenters. The second kappa shape index (κ2) is 6.66. The quantitative estimate of drug-likeness (QED) is 0.263. The third-order valence-electron chi connectivity index (χ3n) is 0.842. The zero-order chi connectivity index (χ0) is 6.24. The van der Waals surface area contributed by atoms with Crippen LogP contribution >= 0.6 is 0 Å². The van der Waals surface area contributed by atoms with Crippen LogP contribution in [0.4, 0.5) is 0 Å². The molecule has 0 rings (SSSR count). The zero-order valence-corrected chi connectivity index (χ0v) is 5.13. The molecular weight excluding hydrogens is 104 g/mol. The van der Waals surface area contributed by atoms with Gasteiger partial charge < -0.3 is 0 Å². The predicted octanol–water partition coefficient (Wildman–Crippen LogP) is 1.83. The summed E-state index contributed by atoms with van der Waals surface area (Å²) >= 11 is 0. The van der Waals surface area contributed by atoms with Gasteiger partial charge in [0.2, 0.25) is 0 Å². The Morgan fingerprint density at radius 2 is 2.38 bits per heavy atom. The molecule has 2 nitrogen and oxygen atoms in total. The van der Waals surface area contributed by atoms with Crippen LogP contribution in [0.3, 0.4) is 0 Å². The van der Waals surface area contributed by atoms with Crippen LogP contribution in [0.5, 0.6) is 0 Å². The Labute approximate surface area is 49.7 Å². The van der Waals surface area contributed by atoms with E-state index in [0.29, 0.717) is 6.61 Å². The van der Waals surface area contributed by atoms with E-state index in [4.69, 9.17) is 5.26 Å². The van der Waals surface area contributed by atoms with Gasteiger partial charge in [-0.2, -0.15) is 0 Å². The monoisotopic (exact) mass is 116 g/mol. The molecule has 0 aromatic heterocycles. The van der Waals surface area contributed by atoms with Gasteiger partial charge in [-0.05, 0) is 19.8 Å². The fraction of sp³-hybridized carbons (Fsp3) is 0.667. The third-order valence-corrected chi connectivity index (χ3v) is 0.842. The summed E-state index contributed by atoms with van der Waals surface area (Å²) in [6, 6.07) is 0. The van der Waals surface area contributed by atoms with Crippen LogP contribution in [-0.2, 0) is 4.89 Å². The first kappa shape index (κ1) is 7.66. The molecule has 48 valence electrons. The van der Waals surface area contributed by atoms with Crippen molar-refractivity contribution >= 4 is 0 Å². The Morgan fingerprint density at radius 1 is 1.62 bits per heavy atom. The summed E-state index contributed by atoms with van der Waals surface area (Å²) in [6.07, 6.45) is 5.90. The summed E-state index contributed by atoms with van der Waals surface area (Å²) in [5.41, 5.74) is 0. The van der Waals surface area contributed by atoms with Gasteiger partial charge in [0, 0.05) is 0 Å². The van der Waals surface area contributed by atoms with Crippen LogP contribution in [0.15, 0.2) is 12.2 Å². The molecular formula is C6H12O2. The number of hydrogen-bond acceptors (Lipinski definition) is 2. The molecule has 0 aliphatic heterocycles. The van der Waals surface area contributed by atoms with Crippen molar-refractivity contribution in [3.63, 3.8) is 0 Å². The maximum Gasteiger partial charge on any atom is 0.0822 e. The van der Waals surface area contributed by atoms with E-state index < -0.39 is 0 Å². The first-order chi connectivity index (χ1) is 3.91. The fourth-order valence-corrected chi connectivity index (χ4v) is 0.432. The molecule has 0 aromatic rings. The van der Waals surface area contributed by atoms with Gasteiger partial charge in [-0.25, -0.2) is 4.89 Å². The van der Waals surface area contributed by atoms with Crippen LogP contribution in [0.25, 0.3) is 0 Å². The Balaban J connectivity index is 2.72. The van der Waals surface area contributed by atoms with Crippen molar-refractivity contribution < 1.29 is 10.1 Å². The van der Waals surface area contributed by atoms with Crippen molar-refractivity contribution in [3.8, 4) is 0 Å². The average Bonchev–Trinajstić information content (AvgIpc) is 1.81. The summed E-state index contributed by atoms with van der Waals surface area (Å²) in [6.45, 7) is 2.41. The molecule has 0 amide bonds. The van der Waals surface area contributed by atoms with Gasteiger partial charge in [-0.15, -0.1) is 0 Å². The van der Waals surface area contributed by atoms with Gasteiger partial charge in [0.05, 0.1) is 6.61 Å². The Bertz CT molecular complexity index is 59.5. The predicted molar refractivity (Wildman–Crippen MR) is 32.6 cm³/mol. The minimum atomic E-state index is 0.435. The SMILES string of the molecule is CC=CCCCOO. The Morgan fingerprint density at radius 3 is 2.88 bits per heavy atom. The molecule has 2 heteroatoms. The van der Waals surface area contributed by atoms with Crippen LogP contribution in [0.1, 0.15) is 19.8 Å². The van der Waals surface area contributed by atoms with Crippen molar-refractivity contribution in [2.75, 3.05) is 6.61 Å². The second-order valence-corrected chi connectivity index (χ2v) is 1.54. The highest BCUT2D eigenvalue weighted by molar-refractivity contribution is 4.75. The van der Waals surface area contributed by atoms with Crippen molar-refractivity contribution in [1.29, 1.82) is 0 Å². The molecule has 0 heterocycles. The Kier molecular flexibility index (Phi) is 6.38. The molecule has 0 spiro atoms. The normalized spacial score (nSPS) is 10.8. The largest absolute Gasteiger partial charge is 0.252 e. The lowest BCUT2D eigenvalue weighted by molar-refractivity contribution is -0.242. The van der Waals surface area contributed by atoms with Gasteiger partial charge in [-0.3, -0.25) is 5.26 Å². The maximum absolute atomic E-state index is 7.84. The van der Waals surface area contributed by atoms with Crippen LogP contribution in [0, 0.1) is 0 Å². The lowest BCUT2D eigenvalue weighted by atomic mass is 10.3. The molecule has 0 saturated carbocycles. The summed E-state index contributed by atoms with van der Waals surface area (Å²) in [5, 5.41) is 7.84. The van der Waals surface area contributed by atoms with Crippen LogP contribution < -0.4 is 0 Å². The van der Waals surface area contributed by atoms with E-state index in [2.05, 4.69) is 4.89 Å². The van der Waals surface area contributed by atoms with E-state index in [-0.39, 0.29) is 0 Å². The minimum Gasteiger partial charge on any atom is -0.252 e. The zero-order valence-electron chi connectivity index (χ0n) is 5.13. The standard InChI is InChI=1S/C6H12O2/c1-2-3-4-5-6-8-7/h2-3,7H,4-6H2,1H3. The van der Waals surface area contributed by atoms with Crippen molar-refractivity contribution in [3.05, 3.63) is 12.2 Å². The molecule has 0 aliphatic carbocycles. The third kappa shape index (κ3) is 5.66. The molecule has 0 aromatic carbocycles. The lowest BCUT2D eigenvalue weighted by Gasteiger charge is -1.89. The van der Waals surface area contributed by atoms with E-state index >= 15 is 0 Å². The van der Waals surface area contributed by atoms with E-state index in [1.807, 2.05) is 19.1 Å². The maximum atomic E-state index is 7.84.